The summed E-state index contributed by atoms with van der Waals surface area (Å²) in [5.74, 6) is 1.44. The highest BCUT2D eigenvalue weighted by Gasteiger charge is 2.28. The molecule has 2 rings (SSSR count). The lowest BCUT2D eigenvalue weighted by Crippen LogP contribution is -2.31. The van der Waals surface area contributed by atoms with Crippen molar-refractivity contribution in [2.24, 2.45) is 5.92 Å². The molecule has 0 aromatic carbocycles. The number of carbonyl (C=O) groups excluding carboxylic acids is 1. The number of aromatic nitrogens is 3. The van der Waals surface area contributed by atoms with E-state index in [0.717, 1.165) is 26.1 Å². The van der Waals surface area contributed by atoms with Crippen LogP contribution < -0.4 is 5.32 Å². The zero-order valence-electron chi connectivity index (χ0n) is 9.66. The number of aryl methyl sites for hydroxylation is 1. The van der Waals surface area contributed by atoms with Crippen molar-refractivity contribution < 1.29 is 4.79 Å². The smallest absolute Gasteiger partial charge is 0.293 e. The van der Waals surface area contributed by atoms with E-state index in [2.05, 4.69) is 20.5 Å². The zero-order valence-corrected chi connectivity index (χ0v) is 9.66. The number of rotatable bonds is 3. The molecule has 0 spiro atoms. The first kappa shape index (κ1) is 11.1. The average Bonchev–Trinajstić information content (AvgIpc) is 2.87. The van der Waals surface area contributed by atoms with Crippen LogP contribution in [0.25, 0.3) is 0 Å². The maximum atomic E-state index is 12.0. The van der Waals surface area contributed by atoms with Gasteiger partial charge in [-0.25, -0.2) is 4.98 Å². The Bertz CT molecular complexity index is 375. The fourth-order valence-electron chi connectivity index (χ4n) is 2.05. The van der Waals surface area contributed by atoms with Crippen LogP contribution >= 0.6 is 0 Å². The van der Waals surface area contributed by atoms with Gasteiger partial charge in [0, 0.05) is 13.1 Å². The maximum Gasteiger partial charge on any atom is 0.293 e. The molecule has 2 heterocycles. The second kappa shape index (κ2) is 4.61. The fourth-order valence-corrected chi connectivity index (χ4v) is 2.05. The number of aromatic amines is 1. The Morgan fingerprint density at radius 2 is 2.50 bits per heavy atom. The van der Waals surface area contributed by atoms with Crippen LogP contribution in [0.3, 0.4) is 0 Å². The number of likely N-dealkylation sites (tertiary alicyclic amines) is 1. The van der Waals surface area contributed by atoms with Gasteiger partial charge in [0.15, 0.2) is 0 Å². The molecule has 6 nitrogen and oxygen atoms in total. The van der Waals surface area contributed by atoms with Crippen LogP contribution in [0, 0.1) is 12.8 Å². The Morgan fingerprint density at radius 3 is 3.12 bits per heavy atom. The van der Waals surface area contributed by atoms with Crippen LogP contribution in [-0.4, -0.2) is 52.7 Å². The van der Waals surface area contributed by atoms with E-state index in [1.165, 1.54) is 0 Å². The van der Waals surface area contributed by atoms with Crippen molar-refractivity contribution in [1.29, 1.82) is 0 Å². The van der Waals surface area contributed by atoms with Gasteiger partial charge in [0.25, 0.3) is 5.91 Å². The first-order valence-electron chi connectivity index (χ1n) is 5.53. The number of carbonyl (C=O) groups is 1. The molecule has 1 aliphatic rings. The summed E-state index contributed by atoms with van der Waals surface area (Å²) in [7, 11) is 1.93. The Labute approximate surface area is 94.4 Å². The number of H-pyrrole nitrogens is 1. The molecule has 1 saturated heterocycles. The number of nitrogens with zero attached hydrogens (tertiary/aromatic N) is 3. The first-order chi connectivity index (χ1) is 7.70. The SMILES string of the molecule is CNCC1CCN(C(=O)c2n[nH]c(C)n2)C1. The summed E-state index contributed by atoms with van der Waals surface area (Å²) in [5.41, 5.74) is 0. The minimum Gasteiger partial charge on any atom is -0.336 e. The predicted molar refractivity (Wildman–Crippen MR) is 59.1 cm³/mol. The highest BCUT2D eigenvalue weighted by molar-refractivity contribution is 5.90. The van der Waals surface area contributed by atoms with E-state index in [1.54, 1.807) is 6.92 Å². The van der Waals surface area contributed by atoms with E-state index >= 15 is 0 Å². The maximum absolute atomic E-state index is 12.0. The van der Waals surface area contributed by atoms with Gasteiger partial charge in [0.2, 0.25) is 5.82 Å². The Kier molecular flexibility index (Phi) is 3.19. The van der Waals surface area contributed by atoms with Gasteiger partial charge >= 0.3 is 0 Å². The summed E-state index contributed by atoms with van der Waals surface area (Å²) >= 11 is 0. The predicted octanol–water partition coefficient (Wildman–Crippen LogP) is -0.205. The van der Waals surface area contributed by atoms with Crippen LogP contribution in [0.15, 0.2) is 0 Å². The van der Waals surface area contributed by atoms with E-state index in [0.29, 0.717) is 11.7 Å². The molecule has 1 aromatic rings. The highest BCUT2D eigenvalue weighted by atomic mass is 16.2. The van der Waals surface area contributed by atoms with Gasteiger partial charge in [0.05, 0.1) is 0 Å². The summed E-state index contributed by atoms with van der Waals surface area (Å²) in [4.78, 5) is 17.8. The summed E-state index contributed by atoms with van der Waals surface area (Å²) in [6.45, 7) is 4.35. The largest absolute Gasteiger partial charge is 0.336 e. The molecule has 0 aliphatic carbocycles. The minimum absolute atomic E-state index is 0.0667. The molecule has 1 unspecified atom stereocenters. The highest BCUT2D eigenvalue weighted by Crippen LogP contribution is 2.16. The van der Waals surface area contributed by atoms with Gasteiger partial charge in [-0.1, -0.05) is 0 Å². The Balaban J connectivity index is 1.97. The molecule has 2 N–H and O–H groups in total. The van der Waals surface area contributed by atoms with Gasteiger partial charge in [-0.05, 0) is 32.9 Å². The summed E-state index contributed by atoms with van der Waals surface area (Å²) in [6, 6.07) is 0. The minimum atomic E-state index is -0.0667. The van der Waals surface area contributed by atoms with Crippen molar-refractivity contribution in [1.82, 2.24) is 25.4 Å². The van der Waals surface area contributed by atoms with Crippen LogP contribution in [0.1, 0.15) is 22.9 Å². The molecule has 0 saturated carbocycles. The molecule has 1 aliphatic heterocycles. The third kappa shape index (κ3) is 2.21. The molecular weight excluding hydrogens is 206 g/mol. The van der Waals surface area contributed by atoms with Gasteiger partial charge in [-0.2, -0.15) is 0 Å². The van der Waals surface area contributed by atoms with E-state index in [9.17, 15) is 4.79 Å². The molecule has 1 aromatic heterocycles. The monoisotopic (exact) mass is 223 g/mol. The second-order valence-corrected chi connectivity index (χ2v) is 4.21. The Hall–Kier alpha value is -1.43. The van der Waals surface area contributed by atoms with Crippen LogP contribution in [-0.2, 0) is 0 Å². The average molecular weight is 223 g/mol. The molecule has 1 amide bonds. The summed E-state index contributed by atoms with van der Waals surface area (Å²) in [5, 5.41) is 9.71. The molecule has 0 radical (unpaired) electrons. The van der Waals surface area contributed by atoms with Crippen LogP contribution in [0.4, 0.5) is 0 Å². The number of amides is 1. The summed E-state index contributed by atoms with van der Waals surface area (Å²) < 4.78 is 0. The zero-order chi connectivity index (χ0) is 11.5. The van der Waals surface area contributed by atoms with Gasteiger partial charge in [0.1, 0.15) is 5.82 Å². The number of hydrogen-bond acceptors (Lipinski definition) is 4. The van der Waals surface area contributed by atoms with E-state index in [4.69, 9.17) is 0 Å². The topological polar surface area (TPSA) is 73.9 Å². The van der Waals surface area contributed by atoms with E-state index < -0.39 is 0 Å². The normalized spacial score (nSPS) is 20.4. The molecule has 1 atom stereocenters. The van der Waals surface area contributed by atoms with E-state index in [-0.39, 0.29) is 11.7 Å². The van der Waals surface area contributed by atoms with Crippen LogP contribution in [0.2, 0.25) is 0 Å². The van der Waals surface area contributed by atoms with Gasteiger partial charge in [-0.3, -0.25) is 9.89 Å². The molecule has 1 fully saturated rings. The quantitative estimate of drug-likeness (QED) is 0.744. The number of hydrogen-bond donors (Lipinski definition) is 2. The molecule has 6 heteroatoms. The molecule has 16 heavy (non-hydrogen) atoms. The second-order valence-electron chi connectivity index (χ2n) is 4.21. The van der Waals surface area contributed by atoms with Crippen molar-refractivity contribution in [2.45, 2.75) is 13.3 Å². The van der Waals surface area contributed by atoms with Crippen LogP contribution in [0.5, 0.6) is 0 Å². The lowest BCUT2D eigenvalue weighted by molar-refractivity contribution is 0.0775. The van der Waals surface area contributed by atoms with Crippen molar-refractivity contribution >= 4 is 5.91 Å². The number of nitrogens with one attached hydrogen (secondary N) is 2. The lowest BCUT2D eigenvalue weighted by atomic mass is 10.1. The van der Waals surface area contributed by atoms with Crippen molar-refractivity contribution in [3.63, 3.8) is 0 Å². The van der Waals surface area contributed by atoms with E-state index in [1.807, 2.05) is 11.9 Å². The lowest BCUT2D eigenvalue weighted by Gasteiger charge is -2.14. The third-order valence-electron chi connectivity index (χ3n) is 2.85. The molecular formula is C10H17N5O. The Morgan fingerprint density at radius 1 is 1.69 bits per heavy atom. The van der Waals surface area contributed by atoms with Crippen molar-refractivity contribution in [2.75, 3.05) is 26.7 Å². The fraction of sp³-hybridized carbons (Fsp3) is 0.700. The van der Waals surface area contributed by atoms with Gasteiger partial charge < -0.3 is 10.2 Å². The first-order valence-corrected chi connectivity index (χ1v) is 5.53. The summed E-state index contributed by atoms with van der Waals surface area (Å²) in [6.07, 6.45) is 1.05. The van der Waals surface area contributed by atoms with Crippen molar-refractivity contribution in [3.05, 3.63) is 11.6 Å². The standard InChI is InChI=1S/C10H17N5O/c1-7-12-9(14-13-7)10(16)15-4-3-8(6-15)5-11-2/h8,11H,3-6H2,1-2H3,(H,12,13,14). The third-order valence-corrected chi connectivity index (χ3v) is 2.85. The van der Waals surface area contributed by atoms with Gasteiger partial charge in [-0.15, -0.1) is 5.10 Å². The molecule has 0 bridgehead atoms. The van der Waals surface area contributed by atoms with Crippen molar-refractivity contribution in [3.8, 4) is 0 Å². The molecule has 88 valence electrons.